The van der Waals surface area contributed by atoms with Gasteiger partial charge >= 0.3 is 0 Å². The summed E-state index contributed by atoms with van der Waals surface area (Å²) < 4.78 is 0. The van der Waals surface area contributed by atoms with Gasteiger partial charge in [0.25, 0.3) is 0 Å². The molecule has 4 heteroatoms. The van der Waals surface area contributed by atoms with Crippen molar-refractivity contribution >= 4 is 12.4 Å². The van der Waals surface area contributed by atoms with Gasteiger partial charge in [0.15, 0.2) is 0 Å². The van der Waals surface area contributed by atoms with Crippen molar-refractivity contribution in [2.45, 2.75) is 54.5 Å². The molecule has 1 aromatic carbocycles. The van der Waals surface area contributed by atoms with Crippen LogP contribution in [0.1, 0.15) is 53.3 Å². The molecular weight excluding hydrogens is 320 g/mol. The molecule has 0 saturated carbocycles. The van der Waals surface area contributed by atoms with Gasteiger partial charge in [-0.3, -0.25) is 4.90 Å². The summed E-state index contributed by atoms with van der Waals surface area (Å²) in [4.78, 5) is 2.57. The summed E-state index contributed by atoms with van der Waals surface area (Å²) in [5.41, 5.74) is 8.28. The van der Waals surface area contributed by atoms with Crippen molar-refractivity contribution in [2.24, 2.45) is 5.41 Å². The lowest BCUT2D eigenvalue weighted by Gasteiger charge is -2.45. The molecule has 2 N–H and O–H groups in total. The predicted molar refractivity (Wildman–Crippen MR) is 105 cm³/mol. The molecule has 0 spiro atoms. The van der Waals surface area contributed by atoms with Crippen LogP contribution in [0, 0.1) is 40.0 Å². The fourth-order valence-corrected chi connectivity index (χ4v) is 4.03. The van der Waals surface area contributed by atoms with E-state index in [9.17, 15) is 5.11 Å². The Bertz CT molecular complexity index is 548. The van der Waals surface area contributed by atoms with Gasteiger partial charge in [-0.1, -0.05) is 13.8 Å². The van der Waals surface area contributed by atoms with Crippen LogP contribution in [0.5, 0.6) is 0 Å². The first-order valence-electron chi connectivity index (χ1n) is 8.84. The van der Waals surface area contributed by atoms with Gasteiger partial charge in [0.05, 0.1) is 0 Å². The Labute approximate surface area is 154 Å². The summed E-state index contributed by atoms with van der Waals surface area (Å²) in [6.07, 6.45) is 0. The van der Waals surface area contributed by atoms with Crippen LogP contribution in [-0.4, -0.2) is 42.8 Å². The molecule has 0 bridgehead atoms. The van der Waals surface area contributed by atoms with Crippen molar-refractivity contribution in [3.8, 4) is 0 Å². The summed E-state index contributed by atoms with van der Waals surface area (Å²) >= 11 is 0. The quantitative estimate of drug-likeness (QED) is 0.866. The molecule has 0 unspecified atom stereocenters. The van der Waals surface area contributed by atoms with Crippen LogP contribution in [0.15, 0.2) is 0 Å². The van der Waals surface area contributed by atoms with E-state index in [-0.39, 0.29) is 30.5 Å². The second-order valence-electron chi connectivity index (χ2n) is 7.87. The highest BCUT2D eigenvalue weighted by Gasteiger charge is 2.38. The molecular formula is C20H35ClN2O. The lowest BCUT2D eigenvalue weighted by molar-refractivity contribution is 0.0298. The summed E-state index contributed by atoms with van der Waals surface area (Å²) in [5.74, 6) is 0. The van der Waals surface area contributed by atoms with Gasteiger partial charge in [0, 0.05) is 44.2 Å². The molecule has 1 aliphatic rings. The third kappa shape index (κ3) is 3.80. The number of rotatable bonds is 4. The highest BCUT2D eigenvalue weighted by Crippen LogP contribution is 2.43. The van der Waals surface area contributed by atoms with Crippen LogP contribution >= 0.6 is 12.4 Å². The number of piperazine rings is 1. The Morgan fingerprint density at radius 1 is 0.917 bits per heavy atom. The zero-order valence-electron chi connectivity index (χ0n) is 16.4. The molecule has 1 aromatic rings. The van der Waals surface area contributed by atoms with Gasteiger partial charge in [-0.15, -0.1) is 12.4 Å². The normalized spacial score (nSPS) is 17.5. The number of hydrogen-bond acceptors (Lipinski definition) is 3. The molecule has 1 saturated heterocycles. The topological polar surface area (TPSA) is 35.5 Å². The van der Waals surface area contributed by atoms with Gasteiger partial charge in [0.1, 0.15) is 0 Å². The van der Waals surface area contributed by atoms with Gasteiger partial charge in [0.2, 0.25) is 0 Å². The highest BCUT2D eigenvalue weighted by atomic mass is 35.5. The fraction of sp³-hybridized carbons (Fsp3) is 0.700. The number of hydrogen-bond donors (Lipinski definition) is 2. The summed E-state index contributed by atoms with van der Waals surface area (Å²) in [6, 6.07) is 0.257. The van der Waals surface area contributed by atoms with E-state index < -0.39 is 0 Å². The second-order valence-corrected chi connectivity index (χ2v) is 7.87. The molecule has 2 rings (SSSR count). The average molecular weight is 355 g/mol. The minimum Gasteiger partial charge on any atom is -0.396 e. The van der Waals surface area contributed by atoms with Crippen LogP contribution in [0.3, 0.4) is 0 Å². The minimum atomic E-state index is -0.166. The standard InChI is InChI=1S/C20H34N2O.ClH/c1-13-14(2)16(4)18(17(5)15(13)3)19(20(6,7)12-23)22-10-8-21-9-11-22;/h19,21,23H,8-12H2,1-7H3;1H/t19-;/m1./s1. The van der Waals surface area contributed by atoms with Gasteiger partial charge in [-0.25, -0.2) is 0 Å². The van der Waals surface area contributed by atoms with Gasteiger partial charge < -0.3 is 10.4 Å². The monoisotopic (exact) mass is 354 g/mol. The lowest BCUT2D eigenvalue weighted by atomic mass is 9.74. The predicted octanol–water partition coefficient (Wildman–Crippen LogP) is 3.62. The molecule has 3 nitrogen and oxygen atoms in total. The van der Waals surface area contributed by atoms with Crippen LogP contribution in [0.4, 0.5) is 0 Å². The van der Waals surface area contributed by atoms with Crippen molar-refractivity contribution in [1.82, 2.24) is 10.2 Å². The number of benzene rings is 1. The van der Waals surface area contributed by atoms with E-state index in [1.807, 2.05) is 0 Å². The molecule has 1 aliphatic heterocycles. The van der Waals surface area contributed by atoms with Crippen LogP contribution in [0.25, 0.3) is 0 Å². The van der Waals surface area contributed by atoms with E-state index in [0.29, 0.717) is 0 Å². The number of nitrogens with one attached hydrogen (secondary N) is 1. The molecule has 138 valence electrons. The molecule has 1 heterocycles. The van der Waals surface area contributed by atoms with Crippen molar-refractivity contribution in [3.05, 3.63) is 33.4 Å². The Morgan fingerprint density at radius 3 is 1.75 bits per heavy atom. The second kappa shape index (κ2) is 8.18. The first-order chi connectivity index (χ1) is 10.7. The number of nitrogens with zero attached hydrogens (tertiary/aromatic N) is 1. The molecule has 0 amide bonds. The minimum absolute atomic E-state index is 0. The summed E-state index contributed by atoms with van der Waals surface area (Å²) in [6.45, 7) is 19.9. The molecule has 0 radical (unpaired) electrons. The summed E-state index contributed by atoms with van der Waals surface area (Å²) in [5, 5.41) is 13.5. The van der Waals surface area contributed by atoms with Crippen molar-refractivity contribution in [1.29, 1.82) is 0 Å². The lowest BCUT2D eigenvalue weighted by Crippen LogP contribution is -2.50. The van der Waals surface area contributed by atoms with Crippen molar-refractivity contribution in [2.75, 3.05) is 32.8 Å². The number of aliphatic hydroxyl groups is 1. The third-order valence-electron chi connectivity index (χ3n) is 6.00. The molecule has 0 aromatic heterocycles. The van der Waals surface area contributed by atoms with E-state index in [4.69, 9.17) is 0 Å². The van der Waals surface area contributed by atoms with E-state index in [0.717, 1.165) is 26.2 Å². The maximum absolute atomic E-state index is 10.1. The molecule has 1 atom stereocenters. The smallest absolute Gasteiger partial charge is 0.0500 e. The Balaban J connectivity index is 0.00000288. The average Bonchev–Trinajstić information content (AvgIpc) is 2.55. The fourth-order valence-electron chi connectivity index (χ4n) is 4.03. The van der Waals surface area contributed by atoms with E-state index in [1.165, 1.54) is 33.4 Å². The molecule has 1 fully saturated rings. The Morgan fingerprint density at radius 2 is 1.33 bits per heavy atom. The van der Waals surface area contributed by atoms with E-state index in [2.05, 4.69) is 58.7 Å². The maximum Gasteiger partial charge on any atom is 0.0500 e. The third-order valence-corrected chi connectivity index (χ3v) is 6.00. The largest absolute Gasteiger partial charge is 0.396 e. The van der Waals surface area contributed by atoms with Crippen LogP contribution in [0.2, 0.25) is 0 Å². The van der Waals surface area contributed by atoms with Crippen LogP contribution in [-0.2, 0) is 0 Å². The Hall–Kier alpha value is -0.610. The number of halogens is 1. The van der Waals surface area contributed by atoms with Crippen molar-refractivity contribution < 1.29 is 5.11 Å². The van der Waals surface area contributed by atoms with Crippen molar-refractivity contribution in [3.63, 3.8) is 0 Å². The Kier molecular flexibility index (Phi) is 7.30. The highest BCUT2D eigenvalue weighted by molar-refractivity contribution is 5.85. The first kappa shape index (κ1) is 21.4. The van der Waals surface area contributed by atoms with E-state index >= 15 is 0 Å². The zero-order valence-corrected chi connectivity index (χ0v) is 17.2. The molecule has 24 heavy (non-hydrogen) atoms. The summed E-state index contributed by atoms with van der Waals surface area (Å²) in [7, 11) is 0. The van der Waals surface area contributed by atoms with E-state index in [1.54, 1.807) is 0 Å². The SMILES string of the molecule is Cc1c(C)c(C)c([C@@H](N2CCNCC2)C(C)(C)CO)c(C)c1C.Cl. The zero-order chi connectivity index (χ0) is 17.4. The number of aliphatic hydroxyl groups excluding tert-OH is 1. The maximum atomic E-state index is 10.1. The first-order valence-corrected chi connectivity index (χ1v) is 8.84. The van der Waals surface area contributed by atoms with Gasteiger partial charge in [-0.05, 0) is 68.0 Å². The van der Waals surface area contributed by atoms with Gasteiger partial charge in [-0.2, -0.15) is 0 Å². The van der Waals surface area contributed by atoms with Crippen LogP contribution < -0.4 is 5.32 Å². The molecule has 0 aliphatic carbocycles.